The van der Waals surface area contributed by atoms with E-state index >= 15 is 0 Å². The molecule has 1 aromatic heterocycles. The third-order valence-corrected chi connectivity index (χ3v) is 3.68. The standard InChI is InChI=1S/C17H20ClN3O/c1-21(13-9-14-6-10-19-11-7-14)17(22)8-12-20-16-4-2-15(18)3-5-16/h2-7,10-11,20H,8-9,12-13H2,1H3. The van der Waals surface area contributed by atoms with Crippen LogP contribution in [0.2, 0.25) is 5.02 Å². The molecule has 2 aromatic rings. The quantitative estimate of drug-likeness (QED) is 0.852. The highest BCUT2D eigenvalue weighted by atomic mass is 35.5. The molecular weight excluding hydrogens is 298 g/mol. The van der Waals surface area contributed by atoms with Crippen molar-refractivity contribution in [3.63, 3.8) is 0 Å². The Kier molecular flexibility index (Phi) is 6.22. The smallest absolute Gasteiger partial charge is 0.224 e. The maximum atomic E-state index is 12.1. The van der Waals surface area contributed by atoms with Crippen molar-refractivity contribution in [2.45, 2.75) is 12.8 Å². The summed E-state index contributed by atoms with van der Waals surface area (Å²) < 4.78 is 0. The van der Waals surface area contributed by atoms with Gasteiger partial charge in [0.2, 0.25) is 5.91 Å². The molecule has 0 spiro atoms. The van der Waals surface area contributed by atoms with Crippen LogP contribution in [-0.2, 0) is 11.2 Å². The number of hydrogen-bond acceptors (Lipinski definition) is 3. The Morgan fingerprint density at radius 1 is 1.18 bits per heavy atom. The number of amides is 1. The molecule has 0 fully saturated rings. The molecule has 4 nitrogen and oxygen atoms in total. The predicted octanol–water partition coefficient (Wildman–Crippen LogP) is 3.24. The van der Waals surface area contributed by atoms with E-state index in [1.54, 1.807) is 17.3 Å². The van der Waals surface area contributed by atoms with Crippen molar-refractivity contribution >= 4 is 23.2 Å². The molecular formula is C17H20ClN3O. The van der Waals surface area contributed by atoms with Gasteiger partial charge in [-0.2, -0.15) is 0 Å². The highest BCUT2D eigenvalue weighted by Gasteiger charge is 2.08. The minimum absolute atomic E-state index is 0.135. The van der Waals surface area contributed by atoms with Gasteiger partial charge in [0.1, 0.15) is 0 Å². The molecule has 0 aliphatic carbocycles. The average molecular weight is 318 g/mol. The second kappa shape index (κ2) is 8.39. The Morgan fingerprint density at radius 3 is 2.55 bits per heavy atom. The van der Waals surface area contributed by atoms with E-state index in [1.165, 1.54) is 5.56 Å². The second-order valence-electron chi connectivity index (χ2n) is 5.10. The van der Waals surface area contributed by atoms with Gasteiger partial charge < -0.3 is 10.2 Å². The molecule has 0 bridgehead atoms. The van der Waals surface area contributed by atoms with Crippen LogP contribution in [0.4, 0.5) is 5.69 Å². The number of halogens is 1. The highest BCUT2D eigenvalue weighted by molar-refractivity contribution is 6.30. The largest absolute Gasteiger partial charge is 0.385 e. The molecule has 116 valence electrons. The number of aromatic nitrogens is 1. The average Bonchev–Trinajstić information content (AvgIpc) is 2.55. The molecule has 1 N–H and O–H groups in total. The van der Waals surface area contributed by atoms with E-state index in [4.69, 9.17) is 11.6 Å². The van der Waals surface area contributed by atoms with Crippen LogP contribution in [0.5, 0.6) is 0 Å². The summed E-state index contributed by atoms with van der Waals surface area (Å²) in [6, 6.07) is 11.4. The number of carbonyl (C=O) groups is 1. The molecule has 0 aliphatic heterocycles. The first-order valence-electron chi connectivity index (χ1n) is 7.27. The van der Waals surface area contributed by atoms with Crippen LogP contribution in [0.25, 0.3) is 0 Å². The van der Waals surface area contributed by atoms with Gasteiger partial charge in [0.25, 0.3) is 0 Å². The van der Waals surface area contributed by atoms with Crippen LogP contribution in [0.1, 0.15) is 12.0 Å². The topological polar surface area (TPSA) is 45.2 Å². The fraction of sp³-hybridized carbons (Fsp3) is 0.294. The van der Waals surface area contributed by atoms with Gasteiger partial charge in [-0.3, -0.25) is 9.78 Å². The van der Waals surface area contributed by atoms with Gasteiger partial charge in [0.15, 0.2) is 0 Å². The third-order valence-electron chi connectivity index (χ3n) is 3.42. The number of pyridine rings is 1. The SMILES string of the molecule is CN(CCc1ccncc1)C(=O)CCNc1ccc(Cl)cc1. The fourth-order valence-corrected chi connectivity index (χ4v) is 2.17. The lowest BCUT2D eigenvalue weighted by atomic mass is 10.2. The number of likely N-dealkylation sites (N-methyl/N-ethyl adjacent to an activating group) is 1. The van der Waals surface area contributed by atoms with E-state index in [0.717, 1.165) is 12.1 Å². The molecule has 0 saturated heterocycles. The number of benzene rings is 1. The Hall–Kier alpha value is -2.07. The first kappa shape index (κ1) is 16.3. The number of nitrogens with one attached hydrogen (secondary N) is 1. The van der Waals surface area contributed by atoms with Crippen LogP contribution in [0, 0.1) is 0 Å². The van der Waals surface area contributed by atoms with Gasteiger partial charge in [-0.25, -0.2) is 0 Å². The first-order chi connectivity index (χ1) is 10.6. The normalized spacial score (nSPS) is 10.3. The van der Waals surface area contributed by atoms with Crippen molar-refractivity contribution in [1.82, 2.24) is 9.88 Å². The lowest BCUT2D eigenvalue weighted by molar-refractivity contribution is -0.129. The molecule has 1 amide bonds. The van der Waals surface area contributed by atoms with Gasteiger partial charge in [0, 0.05) is 49.7 Å². The summed E-state index contributed by atoms with van der Waals surface area (Å²) in [6.45, 7) is 1.32. The van der Waals surface area contributed by atoms with E-state index in [0.29, 0.717) is 24.5 Å². The second-order valence-corrected chi connectivity index (χ2v) is 5.54. The van der Waals surface area contributed by atoms with Gasteiger partial charge >= 0.3 is 0 Å². The minimum Gasteiger partial charge on any atom is -0.385 e. The van der Waals surface area contributed by atoms with E-state index in [-0.39, 0.29) is 5.91 Å². The van der Waals surface area contributed by atoms with E-state index in [1.807, 2.05) is 43.4 Å². The van der Waals surface area contributed by atoms with Crippen LogP contribution >= 0.6 is 11.6 Å². The van der Waals surface area contributed by atoms with Crippen molar-refractivity contribution in [1.29, 1.82) is 0 Å². The van der Waals surface area contributed by atoms with Crippen LogP contribution in [0.3, 0.4) is 0 Å². The van der Waals surface area contributed by atoms with Crippen LogP contribution in [-0.4, -0.2) is 35.9 Å². The zero-order valence-electron chi connectivity index (χ0n) is 12.6. The predicted molar refractivity (Wildman–Crippen MR) is 90.1 cm³/mol. The molecule has 0 atom stereocenters. The van der Waals surface area contributed by atoms with Gasteiger partial charge in [0.05, 0.1) is 0 Å². The van der Waals surface area contributed by atoms with Crippen LogP contribution < -0.4 is 5.32 Å². The van der Waals surface area contributed by atoms with Crippen molar-refractivity contribution in [2.75, 3.05) is 25.5 Å². The maximum absolute atomic E-state index is 12.1. The number of anilines is 1. The van der Waals surface area contributed by atoms with Crippen LogP contribution in [0.15, 0.2) is 48.8 Å². The summed E-state index contributed by atoms with van der Waals surface area (Å²) >= 11 is 5.83. The highest BCUT2D eigenvalue weighted by Crippen LogP contribution is 2.13. The molecule has 0 unspecified atom stereocenters. The van der Waals surface area contributed by atoms with E-state index < -0.39 is 0 Å². The minimum atomic E-state index is 0.135. The van der Waals surface area contributed by atoms with Crippen molar-refractivity contribution < 1.29 is 4.79 Å². The lowest BCUT2D eigenvalue weighted by Crippen LogP contribution is -2.30. The Bertz CT molecular complexity index is 587. The summed E-state index contributed by atoms with van der Waals surface area (Å²) in [6.07, 6.45) is 4.85. The number of nitrogens with zero attached hydrogens (tertiary/aromatic N) is 2. The zero-order chi connectivity index (χ0) is 15.8. The number of carbonyl (C=O) groups excluding carboxylic acids is 1. The Balaban J connectivity index is 1.69. The fourth-order valence-electron chi connectivity index (χ4n) is 2.04. The van der Waals surface area contributed by atoms with Crippen molar-refractivity contribution in [3.8, 4) is 0 Å². The summed E-state index contributed by atoms with van der Waals surface area (Å²) in [5.74, 6) is 0.135. The monoisotopic (exact) mass is 317 g/mol. The van der Waals surface area contributed by atoms with Gasteiger partial charge in [-0.15, -0.1) is 0 Å². The molecule has 0 radical (unpaired) electrons. The Morgan fingerprint density at radius 2 is 1.86 bits per heavy atom. The summed E-state index contributed by atoms with van der Waals surface area (Å²) in [5, 5.41) is 3.92. The van der Waals surface area contributed by atoms with Gasteiger partial charge in [-0.05, 0) is 48.4 Å². The summed E-state index contributed by atoms with van der Waals surface area (Å²) in [4.78, 5) is 17.8. The molecule has 0 aliphatic rings. The Labute approximate surface area is 136 Å². The molecule has 2 rings (SSSR count). The lowest BCUT2D eigenvalue weighted by Gasteiger charge is -2.17. The summed E-state index contributed by atoms with van der Waals surface area (Å²) in [7, 11) is 1.84. The van der Waals surface area contributed by atoms with Crippen molar-refractivity contribution in [2.24, 2.45) is 0 Å². The first-order valence-corrected chi connectivity index (χ1v) is 7.65. The maximum Gasteiger partial charge on any atom is 0.224 e. The zero-order valence-corrected chi connectivity index (χ0v) is 13.4. The van der Waals surface area contributed by atoms with E-state index in [9.17, 15) is 4.79 Å². The number of rotatable bonds is 7. The number of hydrogen-bond donors (Lipinski definition) is 1. The molecule has 1 aromatic carbocycles. The van der Waals surface area contributed by atoms with E-state index in [2.05, 4.69) is 10.3 Å². The molecule has 5 heteroatoms. The molecule has 22 heavy (non-hydrogen) atoms. The third kappa shape index (κ3) is 5.37. The van der Waals surface area contributed by atoms with Crippen molar-refractivity contribution in [3.05, 3.63) is 59.4 Å². The summed E-state index contributed by atoms with van der Waals surface area (Å²) in [5.41, 5.74) is 2.16. The van der Waals surface area contributed by atoms with Gasteiger partial charge in [-0.1, -0.05) is 11.6 Å². The molecule has 1 heterocycles. The molecule has 0 saturated carbocycles.